The van der Waals surface area contributed by atoms with E-state index in [1.54, 1.807) is 6.07 Å². The van der Waals surface area contributed by atoms with Crippen LogP contribution in [0.4, 0.5) is 0 Å². The Morgan fingerprint density at radius 1 is 1.38 bits per heavy atom. The summed E-state index contributed by atoms with van der Waals surface area (Å²) in [6.07, 6.45) is 2.13. The Morgan fingerprint density at radius 2 is 2.23 bits per heavy atom. The highest BCUT2D eigenvalue weighted by molar-refractivity contribution is 6.35. The van der Waals surface area contributed by atoms with E-state index in [4.69, 9.17) is 16.7 Å². The first-order chi connectivity index (χ1) is 12.5. The van der Waals surface area contributed by atoms with Crippen LogP contribution in [0.5, 0.6) is 0 Å². The molecule has 136 valence electrons. The fraction of sp³-hybridized carbons (Fsp3) is 0.421. The van der Waals surface area contributed by atoms with Gasteiger partial charge in [-0.15, -0.1) is 0 Å². The van der Waals surface area contributed by atoms with Crippen LogP contribution in [0.3, 0.4) is 0 Å². The molecule has 1 aliphatic heterocycles. The van der Waals surface area contributed by atoms with Gasteiger partial charge in [-0.2, -0.15) is 5.10 Å². The van der Waals surface area contributed by atoms with Crippen LogP contribution in [0.15, 0.2) is 29.1 Å². The quantitative estimate of drug-likeness (QED) is 0.768. The highest BCUT2D eigenvalue weighted by Crippen LogP contribution is 2.30. The van der Waals surface area contributed by atoms with E-state index in [-0.39, 0.29) is 11.5 Å². The molecule has 1 N–H and O–H groups in total. The fourth-order valence-electron chi connectivity index (χ4n) is 3.93. The minimum atomic E-state index is -0.0767. The van der Waals surface area contributed by atoms with E-state index < -0.39 is 0 Å². The Balaban J connectivity index is 1.59. The summed E-state index contributed by atoms with van der Waals surface area (Å²) in [4.78, 5) is 21.4. The van der Waals surface area contributed by atoms with Crippen molar-refractivity contribution in [3.8, 4) is 0 Å². The molecule has 6 nitrogen and oxygen atoms in total. The molecule has 2 aromatic heterocycles. The summed E-state index contributed by atoms with van der Waals surface area (Å²) in [5, 5.41) is 6.46. The molecule has 0 saturated carbocycles. The summed E-state index contributed by atoms with van der Waals surface area (Å²) in [5.74, 6) is 0.947. The third kappa shape index (κ3) is 3.27. The molecule has 1 unspecified atom stereocenters. The lowest BCUT2D eigenvalue weighted by Gasteiger charge is -2.32. The molecule has 0 aliphatic carbocycles. The van der Waals surface area contributed by atoms with E-state index in [0.717, 1.165) is 59.8 Å². The van der Waals surface area contributed by atoms with Gasteiger partial charge in [-0.1, -0.05) is 17.7 Å². The molecule has 1 fully saturated rings. The molecule has 1 aromatic carbocycles. The van der Waals surface area contributed by atoms with Gasteiger partial charge in [-0.05, 0) is 38.4 Å². The number of aryl methyl sites for hydroxylation is 2. The normalized spacial score (nSPS) is 18.5. The first-order valence-corrected chi connectivity index (χ1v) is 9.29. The molecule has 1 aliphatic rings. The summed E-state index contributed by atoms with van der Waals surface area (Å²) < 4.78 is 1.89. The molecular weight excluding hydrogens is 350 g/mol. The third-order valence-electron chi connectivity index (χ3n) is 5.08. The molecule has 0 radical (unpaired) electrons. The summed E-state index contributed by atoms with van der Waals surface area (Å²) in [5.41, 5.74) is 2.86. The summed E-state index contributed by atoms with van der Waals surface area (Å²) in [6.45, 7) is 4.47. The number of halogens is 1. The Morgan fingerprint density at radius 3 is 3.04 bits per heavy atom. The first kappa shape index (κ1) is 17.2. The predicted octanol–water partition coefficient (Wildman–Crippen LogP) is 3.00. The van der Waals surface area contributed by atoms with Crippen molar-refractivity contribution in [1.29, 1.82) is 0 Å². The highest BCUT2D eigenvalue weighted by Gasteiger charge is 2.24. The molecule has 1 saturated heterocycles. The topological polar surface area (TPSA) is 66.8 Å². The zero-order chi connectivity index (χ0) is 18.3. The maximum Gasteiger partial charge on any atom is 0.251 e. The molecule has 7 heteroatoms. The molecule has 3 aromatic rings. The SMILES string of the molecule is Cc1nc(C2CCCN(Cc3nn(C)c4cccc(Cl)c34)C2)cc(=O)[nH]1. The molecule has 26 heavy (non-hydrogen) atoms. The number of aromatic amines is 1. The van der Waals surface area contributed by atoms with Crippen molar-refractivity contribution >= 4 is 22.5 Å². The number of nitrogens with zero attached hydrogens (tertiary/aromatic N) is 4. The average molecular weight is 372 g/mol. The molecule has 3 heterocycles. The van der Waals surface area contributed by atoms with E-state index in [9.17, 15) is 4.79 Å². The maximum absolute atomic E-state index is 11.8. The highest BCUT2D eigenvalue weighted by atomic mass is 35.5. The van der Waals surface area contributed by atoms with E-state index in [0.29, 0.717) is 5.82 Å². The third-order valence-corrected chi connectivity index (χ3v) is 5.39. The van der Waals surface area contributed by atoms with Gasteiger partial charge in [0.05, 0.1) is 21.9 Å². The van der Waals surface area contributed by atoms with Crippen LogP contribution in [0.1, 0.15) is 36.0 Å². The van der Waals surface area contributed by atoms with Crippen LogP contribution in [0.2, 0.25) is 5.02 Å². The van der Waals surface area contributed by atoms with Crippen LogP contribution in [-0.4, -0.2) is 37.7 Å². The van der Waals surface area contributed by atoms with Crippen LogP contribution in [0, 0.1) is 6.92 Å². The lowest BCUT2D eigenvalue weighted by atomic mass is 9.94. The van der Waals surface area contributed by atoms with Gasteiger partial charge in [0, 0.05) is 37.5 Å². The lowest BCUT2D eigenvalue weighted by molar-refractivity contribution is 0.196. The monoisotopic (exact) mass is 371 g/mol. The van der Waals surface area contributed by atoms with Crippen molar-refractivity contribution in [2.24, 2.45) is 7.05 Å². The second-order valence-corrected chi connectivity index (χ2v) is 7.44. The van der Waals surface area contributed by atoms with Crippen molar-refractivity contribution in [1.82, 2.24) is 24.6 Å². The first-order valence-electron chi connectivity index (χ1n) is 8.91. The van der Waals surface area contributed by atoms with Crippen LogP contribution >= 0.6 is 11.6 Å². The Kier molecular flexibility index (Phi) is 4.54. The zero-order valence-corrected chi connectivity index (χ0v) is 15.8. The van der Waals surface area contributed by atoms with Crippen molar-refractivity contribution in [2.45, 2.75) is 32.2 Å². The molecule has 0 amide bonds. The maximum atomic E-state index is 11.8. The molecule has 0 spiro atoms. The van der Waals surface area contributed by atoms with Crippen LogP contribution in [-0.2, 0) is 13.6 Å². The van der Waals surface area contributed by atoms with Gasteiger partial charge in [0.25, 0.3) is 5.56 Å². The van der Waals surface area contributed by atoms with Gasteiger partial charge in [0.2, 0.25) is 0 Å². The summed E-state index contributed by atoms with van der Waals surface area (Å²) >= 11 is 6.43. The Bertz CT molecular complexity index is 1010. The van der Waals surface area contributed by atoms with E-state index in [1.807, 2.05) is 36.9 Å². The van der Waals surface area contributed by atoms with Gasteiger partial charge in [0.1, 0.15) is 5.82 Å². The smallest absolute Gasteiger partial charge is 0.251 e. The number of benzene rings is 1. The van der Waals surface area contributed by atoms with E-state index in [2.05, 4.69) is 14.9 Å². The summed E-state index contributed by atoms with van der Waals surface area (Å²) in [6, 6.07) is 7.54. The largest absolute Gasteiger partial charge is 0.311 e. The van der Waals surface area contributed by atoms with Gasteiger partial charge in [-0.25, -0.2) is 4.98 Å². The van der Waals surface area contributed by atoms with Gasteiger partial charge in [0.15, 0.2) is 0 Å². The van der Waals surface area contributed by atoms with Crippen LogP contribution in [0.25, 0.3) is 10.9 Å². The van der Waals surface area contributed by atoms with Crippen molar-refractivity contribution < 1.29 is 0 Å². The number of rotatable bonds is 3. The Hall–Kier alpha value is -2.18. The standard InChI is InChI=1S/C19H22ClN5O/c1-12-21-15(9-18(26)22-12)13-5-4-8-25(10-13)11-16-19-14(20)6-3-7-17(19)24(2)23-16/h3,6-7,9,13H,4-5,8,10-11H2,1-2H3,(H,21,22,26). The lowest BCUT2D eigenvalue weighted by Crippen LogP contribution is -2.35. The van der Waals surface area contributed by atoms with Gasteiger partial charge >= 0.3 is 0 Å². The number of hydrogen-bond donors (Lipinski definition) is 1. The number of H-pyrrole nitrogens is 1. The fourth-order valence-corrected chi connectivity index (χ4v) is 4.21. The van der Waals surface area contributed by atoms with Crippen molar-refractivity contribution in [3.63, 3.8) is 0 Å². The number of likely N-dealkylation sites (tertiary alicyclic amines) is 1. The number of aromatic nitrogens is 4. The minimum Gasteiger partial charge on any atom is -0.311 e. The summed E-state index contributed by atoms with van der Waals surface area (Å²) in [7, 11) is 1.95. The second-order valence-electron chi connectivity index (χ2n) is 7.03. The predicted molar refractivity (Wildman–Crippen MR) is 103 cm³/mol. The van der Waals surface area contributed by atoms with E-state index in [1.165, 1.54) is 0 Å². The zero-order valence-electron chi connectivity index (χ0n) is 15.0. The number of piperidine rings is 1. The molecule has 4 rings (SSSR count). The molecule has 0 bridgehead atoms. The number of fused-ring (bicyclic) bond motifs is 1. The molecule has 1 atom stereocenters. The van der Waals surface area contributed by atoms with Crippen LogP contribution < -0.4 is 5.56 Å². The second kappa shape index (κ2) is 6.85. The van der Waals surface area contributed by atoms with Crippen molar-refractivity contribution in [2.75, 3.05) is 13.1 Å². The van der Waals surface area contributed by atoms with Gasteiger partial charge < -0.3 is 4.98 Å². The number of hydrogen-bond acceptors (Lipinski definition) is 4. The van der Waals surface area contributed by atoms with Gasteiger partial charge in [-0.3, -0.25) is 14.4 Å². The minimum absolute atomic E-state index is 0.0767. The van der Waals surface area contributed by atoms with E-state index >= 15 is 0 Å². The number of nitrogens with one attached hydrogen (secondary N) is 1. The van der Waals surface area contributed by atoms with Crippen molar-refractivity contribution in [3.05, 3.63) is 56.9 Å². The molecular formula is C19H22ClN5O. The average Bonchev–Trinajstić information content (AvgIpc) is 2.91. The Labute approximate surface area is 156 Å².